The van der Waals surface area contributed by atoms with Crippen LogP contribution in [-0.4, -0.2) is 5.11 Å². The fraction of sp³-hybridized carbons (Fsp3) is 0.500. The third kappa shape index (κ3) is 1.84. The first kappa shape index (κ1) is 8.81. The molecule has 1 unspecified atom stereocenters. The van der Waals surface area contributed by atoms with E-state index in [1.807, 2.05) is 19.9 Å². The Labute approximate surface area is 74.3 Å². The number of aryl methyl sites for hydroxylation is 1. The van der Waals surface area contributed by atoms with Crippen LogP contribution in [0.3, 0.4) is 0 Å². The zero-order valence-electron chi connectivity index (χ0n) is 6.60. The molecule has 0 aliphatic rings. The van der Waals surface area contributed by atoms with Crippen molar-refractivity contribution in [3.8, 4) is 0 Å². The van der Waals surface area contributed by atoms with E-state index < -0.39 is 6.10 Å². The summed E-state index contributed by atoms with van der Waals surface area (Å²) in [7, 11) is 0. The van der Waals surface area contributed by atoms with Crippen molar-refractivity contribution in [1.29, 1.82) is 0 Å². The Hall–Kier alpha value is -0.280. The summed E-state index contributed by atoms with van der Waals surface area (Å²) in [5, 5.41) is 9.44. The molecule has 0 fully saturated rings. The zero-order chi connectivity index (χ0) is 8.43. The molecule has 0 saturated carbocycles. The Morgan fingerprint density at radius 1 is 1.73 bits per heavy atom. The first-order valence-electron chi connectivity index (χ1n) is 3.59. The number of aliphatic hydroxyl groups is 1. The minimum absolute atomic E-state index is 0.398. The van der Waals surface area contributed by atoms with Crippen molar-refractivity contribution in [2.45, 2.75) is 26.4 Å². The molecule has 2 nitrogen and oxygen atoms in total. The molecule has 1 rings (SSSR count). The molecule has 1 atom stereocenters. The van der Waals surface area contributed by atoms with E-state index in [9.17, 15) is 5.11 Å². The second-order valence-electron chi connectivity index (χ2n) is 2.49. The molecule has 0 aromatic carbocycles. The van der Waals surface area contributed by atoms with Gasteiger partial charge < -0.3 is 9.52 Å². The van der Waals surface area contributed by atoms with Gasteiger partial charge in [0, 0.05) is 5.56 Å². The second-order valence-corrected chi connectivity index (χ2v) is 3.27. The molecule has 0 bridgehead atoms. The highest BCUT2D eigenvalue weighted by Crippen LogP contribution is 2.26. The zero-order valence-corrected chi connectivity index (χ0v) is 8.18. The number of aliphatic hydroxyl groups excluding tert-OH is 1. The maximum Gasteiger partial charge on any atom is 0.169 e. The maximum absolute atomic E-state index is 9.44. The molecule has 1 heterocycles. The largest absolute Gasteiger partial charge is 0.454 e. The predicted octanol–water partition coefficient (Wildman–Crippen LogP) is 2.79. The van der Waals surface area contributed by atoms with Crippen LogP contribution >= 0.6 is 15.9 Å². The van der Waals surface area contributed by atoms with E-state index in [0.29, 0.717) is 11.1 Å². The molecule has 0 aliphatic heterocycles. The first-order chi connectivity index (χ1) is 5.15. The molecule has 1 N–H and O–H groups in total. The van der Waals surface area contributed by atoms with E-state index in [4.69, 9.17) is 4.42 Å². The average molecular weight is 219 g/mol. The number of hydrogen-bond donors (Lipinski definition) is 1. The van der Waals surface area contributed by atoms with E-state index in [2.05, 4.69) is 15.9 Å². The van der Waals surface area contributed by atoms with Gasteiger partial charge in [-0.3, -0.25) is 0 Å². The Balaban J connectivity index is 2.93. The van der Waals surface area contributed by atoms with Crippen molar-refractivity contribution in [3.63, 3.8) is 0 Å². The topological polar surface area (TPSA) is 33.4 Å². The minimum Gasteiger partial charge on any atom is -0.454 e. The molecule has 11 heavy (non-hydrogen) atoms. The van der Waals surface area contributed by atoms with Crippen molar-refractivity contribution in [3.05, 3.63) is 22.1 Å². The molecule has 0 radical (unpaired) electrons. The van der Waals surface area contributed by atoms with E-state index in [1.54, 1.807) is 0 Å². The van der Waals surface area contributed by atoms with Crippen LogP contribution in [0.2, 0.25) is 0 Å². The van der Waals surface area contributed by atoms with Crippen LogP contribution in [0.5, 0.6) is 0 Å². The van der Waals surface area contributed by atoms with Gasteiger partial charge in [-0.25, -0.2) is 0 Å². The molecule has 0 spiro atoms. The summed E-state index contributed by atoms with van der Waals surface area (Å²) in [5.41, 5.74) is 0.874. The standard InChI is InChI=1S/C8H11BrO2/c1-3-7(10)6-4-8(9)11-5(6)2/h4,7,10H,3H2,1-2H3. The summed E-state index contributed by atoms with van der Waals surface area (Å²) >= 11 is 3.20. The van der Waals surface area contributed by atoms with E-state index in [-0.39, 0.29) is 0 Å². The number of hydrogen-bond acceptors (Lipinski definition) is 2. The Morgan fingerprint density at radius 3 is 2.73 bits per heavy atom. The van der Waals surface area contributed by atoms with Crippen molar-refractivity contribution in [2.24, 2.45) is 0 Å². The van der Waals surface area contributed by atoms with Gasteiger partial charge in [0.05, 0.1) is 6.10 Å². The first-order valence-corrected chi connectivity index (χ1v) is 4.38. The van der Waals surface area contributed by atoms with Crippen molar-refractivity contribution in [2.75, 3.05) is 0 Å². The second kappa shape index (κ2) is 3.41. The van der Waals surface area contributed by atoms with Crippen molar-refractivity contribution < 1.29 is 9.52 Å². The van der Waals surface area contributed by atoms with Crippen LogP contribution in [0.1, 0.15) is 30.8 Å². The summed E-state index contributed by atoms with van der Waals surface area (Å²) in [4.78, 5) is 0. The molecule has 62 valence electrons. The van der Waals surface area contributed by atoms with Gasteiger partial charge in [-0.15, -0.1) is 0 Å². The van der Waals surface area contributed by atoms with Gasteiger partial charge in [0.25, 0.3) is 0 Å². The van der Waals surface area contributed by atoms with Crippen LogP contribution in [0.4, 0.5) is 0 Å². The van der Waals surface area contributed by atoms with Crippen molar-refractivity contribution >= 4 is 15.9 Å². The van der Waals surface area contributed by atoms with Crippen LogP contribution < -0.4 is 0 Å². The van der Waals surface area contributed by atoms with E-state index in [1.165, 1.54) is 0 Å². The van der Waals surface area contributed by atoms with Gasteiger partial charge in [-0.1, -0.05) is 6.92 Å². The Bertz CT molecular complexity index is 242. The summed E-state index contributed by atoms with van der Waals surface area (Å²) < 4.78 is 5.87. The average Bonchev–Trinajstić information content (AvgIpc) is 2.28. The smallest absolute Gasteiger partial charge is 0.169 e. The molecule has 0 amide bonds. The van der Waals surface area contributed by atoms with Gasteiger partial charge in [-0.2, -0.15) is 0 Å². The summed E-state index contributed by atoms with van der Waals surface area (Å²) in [6.45, 7) is 3.78. The lowest BCUT2D eigenvalue weighted by atomic mass is 10.1. The SMILES string of the molecule is CCC(O)c1cc(Br)oc1C. The number of rotatable bonds is 2. The molecular formula is C8H11BrO2. The van der Waals surface area contributed by atoms with Crippen LogP contribution in [0, 0.1) is 6.92 Å². The number of furan rings is 1. The third-order valence-corrected chi connectivity index (χ3v) is 2.06. The summed E-state index contributed by atoms with van der Waals surface area (Å²) in [6, 6.07) is 1.81. The molecule has 0 saturated heterocycles. The van der Waals surface area contributed by atoms with Crippen LogP contribution in [0.15, 0.2) is 15.2 Å². The highest BCUT2D eigenvalue weighted by atomic mass is 79.9. The van der Waals surface area contributed by atoms with Gasteiger partial charge in [0.1, 0.15) is 5.76 Å². The van der Waals surface area contributed by atoms with Gasteiger partial charge in [-0.05, 0) is 35.3 Å². The van der Waals surface area contributed by atoms with Crippen molar-refractivity contribution in [1.82, 2.24) is 0 Å². The van der Waals surface area contributed by atoms with Gasteiger partial charge in [0.15, 0.2) is 4.67 Å². The lowest BCUT2D eigenvalue weighted by molar-refractivity contribution is 0.171. The van der Waals surface area contributed by atoms with Crippen LogP contribution in [0.25, 0.3) is 0 Å². The summed E-state index contributed by atoms with van der Waals surface area (Å²) in [5.74, 6) is 0.784. The molecular weight excluding hydrogens is 208 g/mol. The normalized spacial score (nSPS) is 13.5. The summed E-state index contributed by atoms with van der Waals surface area (Å²) in [6.07, 6.45) is 0.317. The Morgan fingerprint density at radius 2 is 2.36 bits per heavy atom. The highest BCUT2D eigenvalue weighted by molar-refractivity contribution is 9.10. The number of halogens is 1. The third-order valence-electron chi connectivity index (χ3n) is 1.67. The minimum atomic E-state index is -0.398. The van der Waals surface area contributed by atoms with Crippen LogP contribution in [-0.2, 0) is 0 Å². The maximum atomic E-state index is 9.44. The molecule has 1 aromatic heterocycles. The Kier molecular flexibility index (Phi) is 2.73. The van der Waals surface area contributed by atoms with E-state index in [0.717, 1.165) is 11.3 Å². The quantitative estimate of drug-likeness (QED) is 0.829. The highest BCUT2D eigenvalue weighted by Gasteiger charge is 2.12. The molecule has 0 aliphatic carbocycles. The van der Waals surface area contributed by atoms with E-state index >= 15 is 0 Å². The fourth-order valence-electron chi connectivity index (χ4n) is 1.01. The lowest BCUT2D eigenvalue weighted by Gasteiger charge is -2.03. The predicted molar refractivity (Wildman–Crippen MR) is 46.4 cm³/mol. The molecule has 3 heteroatoms. The van der Waals surface area contributed by atoms with Gasteiger partial charge in [0.2, 0.25) is 0 Å². The monoisotopic (exact) mass is 218 g/mol. The lowest BCUT2D eigenvalue weighted by Crippen LogP contribution is -1.94. The van der Waals surface area contributed by atoms with Gasteiger partial charge >= 0.3 is 0 Å². The molecule has 1 aromatic rings. The fourth-order valence-corrected chi connectivity index (χ4v) is 1.50.